The van der Waals surface area contributed by atoms with Gasteiger partial charge in [-0.25, -0.2) is 4.79 Å². The van der Waals surface area contributed by atoms with E-state index in [2.05, 4.69) is 41.8 Å². The lowest BCUT2D eigenvalue weighted by atomic mass is 10.00. The summed E-state index contributed by atoms with van der Waals surface area (Å²) in [5.74, 6) is -0.289. The molecule has 0 aliphatic carbocycles. The van der Waals surface area contributed by atoms with Gasteiger partial charge in [-0.1, -0.05) is 49.4 Å². The van der Waals surface area contributed by atoms with E-state index in [9.17, 15) is 9.59 Å². The predicted octanol–water partition coefficient (Wildman–Crippen LogP) is 2.09. The Morgan fingerprint density at radius 1 is 1.08 bits per heavy atom. The minimum atomic E-state index is -0.430. The minimum Gasteiger partial charge on any atom is -0.335 e. The number of imide groups is 1. The van der Waals surface area contributed by atoms with Crippen molar-refractivity contribution in [1.29, 1.82) is 0 Å². The van der Waals surface area contributed by atoms with Crippen molar-refractivity contribution in [2.45, 2.75) is 39.3 Å². The molecule has 0 radical (unpaired) electrons. The molecule has 0 aliphatic heterocycles. The Kier molecular flexibility index (Phi) is 6.32. The van der Waals surface area contributed by atoms with Crippen LogP contribution in [-0.2, 0) is 4.79 Å². The zero-order valence-corrected chi connectivity index (χ0v) is 14.5. The third-order valence-corrected chi connectivity index (χ3v) is 4.21. The molecule has 24 heavy (non-hydrogen) atoms. The summed E-state index contributed by atoms with van der Waals surface area (Å²) < 4.78 is 0. The summed E-state index contributed by atoms with van der Waals surface area (Å²) in [4.78, 5) is 23.6. The maximum Gasteiger partial charge on any atom is 0.321 e. The monoisotopic (exact) mass is 328 g/mol. The first-order chi connectivity index (χ1) is 11.5. The Hall–Kier alpha value is -2.40. The molecule has 0 saturated heterocycles. The van der Waals surface area contributed by atoms with E-state index in [0.717, 1.165) is 6.42 Å². The number of nitrogens with two attached hydrogens (primary N) is 1. The molecular weight excluding hydrogens is 302 g/mol. The van der Waals surface area contributed by atoms with Crippen molar-refractivity contribution in [3.05, 3.63) is 48.0 Å². The molecule has 2 atom stereocenters. The fourth-order valence-corrected chi connectivity index (χ4v) is 2.60. The van der Waals surface area contributed by atoms with Crippen LogP contribution in [0.25, 0.3) is 10.8 Å². The summed E-state index contributed by atoms with van der Waals surface area (Å²) in [6.45, 7) is 6.15. The van der Waals surface area contributed by atoms with E-state index in [-0.39, 0.29) is 24.5 Å². The standard InChI is InChI=1S/C19H25N3O2/c1-4-13(2)21-19(24)22-18(23)12-20-14(3)16-11-7-9-15-8-5-6-10-17(15)16/h5-11,13-14,20H,4,12H2,1-3H3,(H2,21,22,23,24)/p+1/t13-,14-/m1/s1. The number of nitrogens with one attached hydrogen (secondary N) is 2. The van der Waals surface area contributed by atoms with Crippen LogP contribution in [0.3, 0.4) is 0 Å². The van der Waals surface area contributed by atoms with E-state index in [1.807, 2.05) is 37.4 Å². The van der Waals surface area contributed by atoms with Gasteiger partial charge < -0.3 is 10.6 Å². The molecule has 2 rings (SSSR count). The average Bonchev–Trinajstić information content (AvgIpc) is 2.58. The lowest BCUT2D eigenvalue weighted by Crippen LogP contribution is -2.87. The molecule has 128 valence electrons. The number of quaternary nitrogens is 1. The Bertz CT molecular complexity index is 709. The van der Waals surface area contributed by atoms with Gasteiger partial charge in [-0.3, -0.25) is 10.1 Å². The van der Waals surface area contributed by atoms with E-state index >= 15 is 0 Å². The highest BCUT2D eigenvalue weighted by molar-refractivity contribution is 5.94. The van der Waals surface area contributed by atoms with Crippen molar-refractivity contribution in [3.8, 4) is 0 Å². The summed E-state index contributed by atoms with van der Waals surface area (Å²) in [6, 6.07) is 14.1. The third-order valence-electron chi connectivity index (χ3n) is 4.21. The van der Waals surface area contributed by atoms with Crippen LogP contribution >= 0.6 is 0 Å². The highest BCUT2D eigenvalue weighted by Gasteiger charge is 2.16. The van der Waals surface area contributed by atoms with Crippen LogP contribution in [0.4, 0.5) is 4.79 Å². The van der Waals surface area contributed by atoms with Crippen molar-refractivity contribution in [2.24, 2.45) is 0 Å². The zero-order valence-electron chi connectivity index (χ0n) is 14.5. The smallest absolute Gasteiger partial charge is 0.321 e. The van der Waals surface area contributed by atoms with Gasteiger partial charge in [0.2, 0.25) is 0 Å². The fraction of sp³-hybridized carbons (Fsp3) is 0.368. The van der Waals surface area contributed by atoms with E-state index < -0.39 is 6.03 Å². The van der Waals surface area contributed by atoms with E-state index in [4.69, 9.17) is 0 Å². The number of fused-ring (bicyclic) bond motifs is 1. The van der Waals surface area contributed by atoms with E-state index in [0.29, 0.717) is 0 Å². The molecule has 2 aromatic rings. The van der Waals surface area contributed by atoms with Crippen LogP contribution in [0.1, 0.15) is 38.8 Å². The first-order valence-electron chi connectivity index (χ1n) is 8.42. The second kappa shape index (κ2) is 8.45. The zero-order chi connectivity index (χ0) is 17.5. The molecule has 0 aliphatic rings. The molecule has 5 nitrogen and oxygen atoms in total. The Morgan fingerprint density at radius 3 is 2.54 bits per heavy atom. The summed E-state index contributed by atoms with van der Waals surface area (Å²) in [5, 5.41) is 9.41. The molecule has 4 N–H and O–H groups in total. The van der Waals surface area contributed by atoms with Crippen LogP contribution in [0, 0.1) is 0 Å². The van der Waals surface area contributed by atoms with Crippen molar-refractivity contribution in [2.75, 3.05) is 6.54 Å². The van der Waals surface area contributed by atoms with Crippen LogP contribution in [0.2, 0.25) is 0 Å². The molecule has 3 amide bonds. The van der Waals surface area contributed by atoms with Gasteiger partial charge in [-0.2, -0.15) is 0 Å². The number of rotatable bonds is 6. The summed E-state index contributed by atoms with van der Waals surface area (Å²) >= 11 is 0. The van der Waals surface area contributed by atoms with Gasteiger partial charge in [0.05, 0.1) is 0 Å². The van der Waals surface area contributed by atoms with Crippen LogP contribution in [0.15, 0.2) is 42.5 Å². The SMILES string of the molecule is CC[C@@H](C)NC(=O)NC(=O)C[NH2+][C@H](C)c1cccc2ccccc12. The second-order valence-electron chi connectivity index (χ2n) is 6.13. The van der Waals surface area contributed by atoms with Crippen LogP contribution in [0.5, 0.6) is 0 Å². The van der Waals surface area contributed by atoms with E-state index in [1.54, 1.807) is 0 Å². The van der Waals surface area contributed by atoms with Gasteiger partial charge in [0, 0.05) is 11.6 Å². The Balaban J connectivity index is 1.91. The minimum absolute atomic E-state index is 0.0522. The molecular formula is C19H26N3O2+. The largest absolute Gasteiger partial charge is 0.335 e. The maximum atomic E-state index is 11.9. The first-order valence-corrected chi connectivity index (χ1v) is 8.42. The number of carbonyl (C=O) groups is 2. The van der Waals surface area contributed by atoms with Gasteiger partial charge >= 0.3 is 6.03 Å². The lowest BCUT2D eigenvalue weighted by Gasteiger charge is -2.14. The number of hydrogen-bond acceptors (Lipinski definition) is 2. The number of urea groups is 1. The van der Waals surface area contributed by atoms with Crippen molar-refractivity contribution < 1.29 is 14.9 Å². The van der Waals surface area contributed by atoms with Crippen molar-refractivity contribution in [1.82, 2.24) is 10.6 Å². The molecule has 2 aromatic carbocycles. The molecule has 0 spiro atoms. The third kappa shape index (κ3) is 4.80. The summed E-state index contributed by atoms with van der Waals surface area (Å²) in [6.07, 6.45) is 0.825. The van der Waals surface area contributed by atoms with Crippen molar-refractivity contribution in [3.63, 3.8) is 0 Å². The maximum absolute atomic E-state index is 11.9. The molecule has 0 aromatic heterocycles. The van der Waals surface area contributed by atoms with E-state index in [1.165, 1.54) is 16.3 Å². The number of benzene rings is 2. The highest BCUT2D eigenvalue weighted by atomic mass is 16.2. The van der Waals surface area contributed by atoms with Crippen LogP contribution < -0.4 is 16.0 Å². The van der Waals surface area contributed by atoms with Gasteiger partial charge in [0.1, 0.15) is 6.04 Å². The molecule has 0 unspecified atom stereocenters. The topological polar surface area (TPSA) is 74.8 Å². The molecule has 5 heteroatoms. The van der Waals surface area contributed by atoms with Crippen LogP contribution in [-0.4, -0.2) is 24.5 Å². The average molecular weight is 328 g/mol. The highest BCUT2D eigenvalue weighted by Crippen LogP contribution is 2.21. The quantitative estimate of drug-likeness (QED) is 0.759. The predicted molar refractivity (Wildman–Crippen MR) is 95.6 cm³/mol. The summed E-state index contributed by atoms with van der Waals surface area (Å²) in [5.41, 5.74) is 1.19. The molecule has 0 saturated carbocycles. The van der Waals surface area contributed by atoms with Gasteiger partial charge in [-0.15, -0.1) is 0 Å². The van der Waals surface area contributed by atoms with Gasteiger partial charge in [0.25, 0.3) is 5.91 Å². The molecule has 0 fully saturated rings. The Morgan fingerprint density at radius 2 is 1.79 bits per heavy atom. The van der Waals surface area contributed by atoms with Gasteiger partial charge in [0.15, 0.2) is 6.54 Å². The molecule has 0 heterocycles. The van der Waals surface area contributed by atoms with Crippen molar-refractivity contribution >= 4 is 22.7 Å². The summed E-state index contributed by atoms with van der Waals surface area (Å²) in [7, 11) is 0. The molecule has 0 bridgehead atoms. The Labute approximate surface area is 142 Å². The number of carbonyl (C=O) groups excluding carboxylic acids is 2. The second-order valence-corrected chi connectivity index (χ2v) is 6.13. The first kappa shape index (κ1) is 17.9. The van der Waals surface area contributed by atoms with Gasteiger partial charge in [-0.05, 0) is 31.0 Å². The number of hydrogen-bond donors (Lipinski definition) is 3. The normalized spacial score (nSPS) is 13.3. The fourth-order valence-electron chi connectivity index (χ4n) is 2.60. The lowest BCUT2D eigenvalue weighted by molar-refractivity contribution is -0.682. The number of amides is 3.